The summed E-state index contributed by atoms with van der Waals surface area (Å²) in [5.41, 5.74) is 4.35. The van der Waals surface area contributed by atoms with Crippen LogP contribution in [0.5, 0.6) is 5.75 Å². The molecule has 2 aliphatic rings. The number of ether oxygens (including phenoxy) is 1. The summed E-state index contributed by atoms with van der Waals surface area (Å²) in [6.45, 7) is 4.53. The zero-order valence-corrected chi connectivity index (χ0v) is 17.3. The molecule has 0 spiro atoms. The Morgan fingerprint density at radius 1 is 1.10 bits per heavy atom. The number of rotatable bonds is 5. The Morgan fingerprint density at radius 3 is 2.55 bits per heavy atom. The number of methoxy groups -OCH3 is 1. The lowest BCUT2D eigenvalue weighted by Crippen LogP contribution is -2.40. The standard InChI is InChI=1S/C24H29N3O2/c1-18-7-6-8-20(15-18)22-16-23(19-9-11-21(29-2)12-10-19)27(25-22)24(28)17-26-13-4-3-5-14-26/h6-12,15,23H,3-5,13-14,16-17H2,1-2H3. The van der Waals surface area contributed by atoms with Crippen LogP contribution in [0.2, 0.25) is 0 Å². The molecule has 0 aromatic heterocycles. The molecule has 5 heteroatoms. The molecule has 2 aromatic rings. The van der Waals surface area contributed by atoms with E-state index in [1.165, 1.54) is 24.8 Å². The fourth-order valence-corrected chi connectivity index (χ4v) is 4.21. The highest BCUT2D eigenvalue weighted by molar-refractivity contribution is 6.03. The predicted octanol–water partition coefficient (Wildman–Crippen LogP) is 4.17. The molecular weight excluding hydrogens is 362 g/mol. The smallest absolute Gasteiger partial charge is 0.257 e. The van der Waals surface area contributed by atoms with E-state index < -0.39 is 0 Å². The summed E-state index contributed by atoms with van der Waals surface area (Å²) in [7, 11) is 1.66. The third-order valence-electron chi connectivity index (χ3n) is 5.83. The molecule has 0 aliphatic carbocycles. The Bertz CT molecular complexity index is 885. The maximum Gasteiger partial charge on any atom is 0.257 e. The van der Waals surface area contributed by atoms with E-state index in [-0.39, 0.29) is 11.9 Å². The van der Waals surface area contributed by atoms with Crippen molar-refractivity contribution in [2.45, 2.75) is 38.6 Å². The molecular formula is C24H29N3O2. The minimum Gasteiger partial charge on any atom is -0.497 e. The van der Waals surface area contributed by atoms with E-state index >= 15 is 0 Å². The maximum atomic E-state index is 13.2. The molecule has 2 aliphatic heterocycles. The number of hydrazone groups is 1. The number of nitrogens with zero attached hydrogens (tertiary/aromatic N) is 3. The highest BCUT2D eigenvalue weighted by Crippen LogP contribution is 2.34. The second kappa shape index (κ2) is 8.78. The first-order valence-corrected chi connectivity index (χ1v) is 10.5. The highest BCUT2D eigenvalue weighted by Gasteiger charge is 2.33. The number of hydrogen-bond donors (Lipinski definition) is 0. The fourth-order valence-electron chi connectivity index (χ4n) is 4.21. The normalized spacial score (nSPS) is 19.9. The molecule has 1 amide bonds. The van der Waals surface area contributed by atoms with Gasteiger partial charge >= 0.3 is 0 Å². The van der Waals surface area contributed by atoms with Gasteiger partial charge in [-0.05, 0) is 56.1 Å². The summed E-state index contributed by atoms with van der Waals surface area (Å²) in [4.78, 5) is 15.5. The Kier molecular flexibility index (Phi) is 5.95. The van der Waals surface area contributed by atoms with Crippen LogP contribution in [0.15, 0.2) is 53.6 Å². The van der Waals surface area contributed by atoms with Crippen molar-refractivity contribution in [3.8, 4) is 5.75 Å². The van der Waals surface area contributed by atoms with Crippen LogP contribution in [-0.2, 0) is 4.79 Å². The van der Waals surface area contributed by atoms with Crippen LogP contribution in [0.4, 0.5) is 0 Å². The Balaban J connectivity index is 1.60. The van der Waals surface area contributed by atoms with Gasteiger partial charge in [-0.15, -0.1) is 0 Å². The average Bonchev–Trinajstić information content (AvgIpc) is 3.20. The summed E-state index contributed by atoms with van der Waals surface area (Å²) < 4.78 is 5.29. The van der Waals surface area contributed by atoms with E-state index in [9.17, 15) is 4.79 Å². The summed E-state index contributed by atoms with van der Waals surface area (Å²) >= 11 is 0. The molecule has 1 atom stereocenters. The van der Waals surface area contributed by atoms with Gasteiger partial charge < -0.3 is 4.74 Å². The second-order valence-corrected chi connectivity index (χ2v) is 7.98. The van der Waals surface area contributed by atoms with Gasteiger partial charge in [-0.25, -0.2) is 5.01 Å². The molecule has 29 heavy (non-hydrogen) atoms. The van der Waals surface area contributed by atoms with Crippen LogP contribution in [-0.4, -0.2) is 48.3 Å². The molecule has 1 unspecified atom stereocenters. The van der Waals surface area contributed by atoms with Crippen LogP contribution in [0.1, 0.15) is 48.4 Å². The SMILES string of the molecule is COc1ccc(C2CC(c3cccc(C)c3)=NN2C(=O)CN2CCCCC2)cc1. The van der Waals surface area contributed by atoms with E-state index in [1.807, 2.05) is 30.3 Å². The third kappa shape index (κ3) is 4.51. The van der Waals surface area contributed by atoms with Crippen molar-refractivity contribution in [3.05, 3.63) is 65.2 Å². The number of amides is 1. The van der Waals surface area contributed by atoms with Crippen molar-refractivity contribution < 1.29 is 9.53 Å². The molecule has 2 aromatic carbocycles. The number of hydrogen-bond acceptors (Lipinski definition) is 4. The topological polar surface area (TPSA) is 45.1 Å². The first kappa shape index (κ1) is 19.6. The van der Waals surface area contributed by atoms with Crippen LogP contribution in [0.3, 0.4) is 0 Å². The molecule has 0 radical (unpaired) electrons. The van der Waals surface area contributed by atoms with Gasteiger partial charge in [0.1, 0.15) is 5.75 Å². The molecule has 0 N–H and O–H groups in total. The minimum absolute atomic E-state index is 0.0753. The van der Waals surface area contributed by atoms with E-state index in [4.69, 9.17) is 9.84 Å². The second-order valence-electron chi connectivity index (χ2n) is 7.98. The Morgan fingerprint density at radius 2 is 1.86 bits per heavy atom. The predicted molar refractivity (Wildman–Crippen MR) is 115 cm³/mol. The highest BCUT2D eigenvalue weighted by atomic mass is 16.5. The monoisotopic (exact) mass is 391 g/mol. The van der Waals surface area contributed by atoms with Gasteiger partial charge in [-0.2, -0.15) is 5.10 Å². The molecule has 0 saturated carbocycles. The molecule has 1 fully saturated rings. The van der Waals surface area contributed by atoms with Crippen molar-refractivity contribution in [1.82, 2.24) is 9.91 Å². The van der Waals surface area contributed by atoms with Crippen LogP contribution in [0.25, 0.3) is 0 Å². The molecule has 4 rings (SSSR count). The lowest BCUT2D eigenvalue weighted by molar-refractivity contribution is -0.134. The lowest BCUT2D eigenvalue weighted by Gasteiger charge is -2.29. The van der Waals surface area contributed by atoms with E-state index in [2.05, 4.69) is 30.0 Å². The van der Waals surface area contributed by atoms with E-state index in [1.54, 1.807) is 12.1 Å². The van der Waals surface area contributed by atoms with Crippen LogP contribution < -0.4 is 4.74 Å². The first-order chi connectivity index (χ1) is 14.1. The molecule has 0 bridgehead atoms. The summed E-state index contributed by atoms with van der Waals surface area (Å²) in [6, 6.07) is 16.3. The van der Waals surface area contributed by atoms with Crippen molar-refractivity contribution in [2.24, 2.45) is 5.10 Å². The van der Waals surface area contributed by atoms with E-state index in [0.29, 0.717) is 6.54 Å². The first-order valence-electron chi connectivity index (χ1n) is 10.5. The number of carbonyl (C=O) groups is 1. The molecule has 5 nitrogen and oxygen atoms in total. The van der Waals surface area contributed by atoms with Gasteiger partial charge in [-0.3, -0.25) is 9.69 Å². The number of likely N-dealkylation sites (tertiary alicyclic amines) is 1. The number of carbonyl (C=O) groups excluding carboxylic acids is 1. The maximum absolute atomic E-state index is 13.2. The van der Waals surface area contributed by atoms with Gasteiger partial charge in [-0.1, -0.05) is 48.4 Å². The van der Waals surface area contributed by atoms with Gasteiger partial charge in [0.15, 0.2) is 0 Å². The van der Waals surface area contributed by atoms with Gasteiger partial charge in [0, 0.05) is 6.42 Å². The van der Waals surface area contributed by atoms with Gasteiger partial charge in [0.05, 0.1) is 25.4 Å². The largest absolute Gasteiger partial charge is 0.497 e. The molecule has 152 valence electrons. The van der Waals surface area contributed by atoms with Gasteiger partial charge in [0.2, 0.25) is 0 Å². The molecule has 1 saturated heterocycles. The third-order valence-corrected chi connectivity index (χ3v) is 5.83. The van der Waals surface area contributed by atoms with Gasteiger partial charge in [0.25, 0.3) is 5.91 Å². The minimum atomic E-state index is -0.0753. The van der Waals surface area contributed by atoms with Crippen molar-refractivity contribution >= 4 is 11.6 Å². The van der Waals surface area contributed by atoms with Crippen LogP contribution >= 0.6 is 0 Å². The molecule has 2 heterocycles. The average molecular weight is 392 g/mol. The lowest BCUT2D eigenvalue weighted by atomic mass is 9.97. The fraction of sp³-hybridized carbons (Fsp3) is 0.417. The van der Waals surface area contributed by atoms with Crippen molar-refractivity contribution in [1.29, 1.82) is 0 Å². The summed E-state index contributed by atoms with van der Waals surface area (Å²) in [5, 5.41) is 6.52. The Hall–Kier alpha value is -2.66. The summed E-state index contributed by atoms with van der Waals surface area (Å²) in [6.07, 6.45) is 4.33. The Labute approximate surface area is 173 Å². The van der Waals surface area contributed by atoms with Crippen molar-refractivity contribution in [3.63, 3.8) is 0 Å². The zero-order chi connectivity index (χ0) is 20.2. The summed E-state index contributed by atoms with van der Waals surface area (Å²) in [5.74, 6) is 0.896. The van der Waals surface area contributed by atoms with Crippen LogP contribution in [0, 0.1) is 6.92 Å². The number of aryl methyl sites for hydroxylation is 1. The number of piperidine rings is 1. The quantitative estimate of drug-likeness (QED) is 0.769. The van der Waals surface area contributed by atoms with Crippen molar-refractivity contribution in [2.75, 3.05) is 26.7 Å². The zero-order valence-electron chi connectivity index (χ0n) is 17.3. The van der Waals surface area contributed by atoms with E-state index in [0.717, 1.165) is 42.1 Å². The number of benzene rings is 2.